The van der Waals surface area contributed by atoms with E-state index in [0.717, 1.165) is 22.0 Å². The fourth-order valence-electron chi connectivity index (χ4n) is 7.16. The van der Waals surface area contributed by atoms with Crippen molar-refractivity contribution in [3.8, 4) is 0 Å². The van der Waals surface area contributed by atoms with Gasteiger partial charge in [0, 0.05) is 51.4 Å². The molecule has 3 heterocycles. The van der Waals surface area contributed by atoms with E-state index < -0.39 is 31.6 Å². The van der Waals surface area contributed by atoms with E-state index in [1.165, 1.54) is 0 Å². The van der Waals surface area contributed by atoms with Crippen LogP contribution in [0.1, 0.15) is 30.0 Å². The summed E-state index contributed by atoms with van der Waals surface area (Å²) in [7, 11) is -3.29. The van der Waals surface area contributed by atoms with Crippen LogP contribution < -0.4 is 10.2 Å². The number of rotatable bonds is 8. The molecule has 1 fully saturated rings. The van der Waals surface area contributed by atoms with Crippen molar-refractivity contribution in [1.29, 1.82) is 0 Å². The molecule has 0 radical (unpaired) electrons. The summed E-state index contributed by atoms with van der Waals surface area (Å²) in [6, 6.07) is 20.6. The molecule has 1 saturated heterocycles. The van der Waals surface area contributed by atoms with E-state index in [-0.39, 0.29) is 37.8 Å². The Morgan fingerprint density at radius 3 is 2.72 bits per heavy atom. The Kier molecular flexibility index (Phi) is 7.70. The van der Waals surface area contributed by atoms with Crippen LogP contribution in [-0.2, 0) is 32.9 Å². The number of hydrogen-bond donors (Lipinski definition) is 3. The van der Waals surface area contributed by atoms with E-state index in [4.69, 9.17) is 16.3 Å². The highest BCUT2D eigenvalue weighted by Gasteiger charge is 2.66. The molecule has 2 aliphatic rings. The molecule has 4 aromatic rings. The molecule has 3 aromatic carbocycles. The number of hydrogen-bond acceptors (Lipinski definition) is 4. The van der Waals surface area contributed by atoms with Crippen molar-refractivity contribution in [2.75, 3.05) is 16.8 Å². The van der Waals surface area contributed by atoms with E-state index >= 15 is 4.11 Å². The molecule has 4 atom stereocenters. The first-order chi connectivity index (χ1) is 20.5. The van der Waals surface area contributed by atoms with Gasteiger partial charge in [0.25, 0.3) is 5.91 Å². The number of H-pyrrole nitrogens is 1. The molecule has 224 valence electrons. The van der Waals surface area contributed by atoms with Gasteiger partial charge in [-0.15, -0.1) is 0 Å². The van der Waals surface area contributed by atoms with Crippen LogP contribution in [0.5, 0.6) is 0 Å². The average Bonchev–Trinajstić information content (AvgIpc) is 3.56. The smallest absolute Gasteiger partial charge is 0.264 e. The van der Waals surface area contributed by atoms with Gasteiger partial charge in [0.1, 0.15) is 0 Å². The molecule has 0 aliphatic carbocycles. The second-order valence-corrected chi connectivity index (χ2v) is 16.4. The van der Waals surface area contributed by atoms with Crippen LogP contribution in [0.3, 0.4) is 0 Å². The molecule has 1 spiro atoms. The van der Waals surface area contributed by atoms with E-state index in [1.54, 1.807) is 36.2 Å². The maximum atomic E-state index is 15.7. The largest absolute Gasteiger partial charge is 0.396 e. The molecule has 0 bridgehead atoms. The lowest BCUT2D eigenvalue weighted by Crippen LogP contribution is -2.45. The monoisotopic (exact) mass is 619 g/mol. The van der Waals surface area contributed by atoms with E-state index in [1.807, 2.05) is 61.7 Å². The van der Waals surface area contributed by atoms with Gasteiger partial charge in [0.05, 0.1) is 24.8 Å². The van der Waals surface area contributed by atoms with E-state index in [0.29, 0.717) is 22.0 Å². The molecule has 7 nitrogen and oxygen atoms in total. The lowest BCUT2D eigenvalue weighted by atomic mass is 9.82. The second kappa shape index (κ2) is 11.2. The van der Waals surface area contributed by atoms with Crippen LogP contribution >= 0.6 is 11.6 Å². The van der Waals surface area contributed by atoms with Crippen LogP contribution in [0.4, 0.5) is 15.5 Å². The predicted molar refractivity (Wildman–Crippen MR) is 169 cm³/mol. The van der Waals surface area contributed by atoms with Gasteiger partial charge in [-0.05, 0) is 67.0 Å². The number of carbonyl (C=O) groups excluding carboxylic acids is 2. The summed E-state index contributed by atoms with van der Waals surface area (Å²) < 4.78 is 22.3. The van der Waals surface area contributed by atoms with E-state index in [2.05, 4.69) is 10.3 Å². The summed E-state index contributed by atoms with van der Waals surface area (Å²) in [5.41, 5.74) is 2.74. The summed E-state index contributed by atoms with van der Waals surface area (Å²) in [4.78, 5) is 32.2. The number of ether oxygens (including phenoxy) is 1. The minimum absolute atomic E-state index is 0.148. The van der Waals surface area contributed by atoms with Crippen molar-refractivity contribution in [3.63, 3.8) is 0 Å². The molecular formula is C33H35ClFN3O4Si. The third-order valence-electron chi connectivity index (χ3n) is 8.91. The fourth-order valence-corrected chi connectivity index (χ4v) is 9.87. The number of halogens is 2. The topological polar surface area (TPSA) is 94.7 Å². The summed E-state index contributed by atoms with van der Waals surface area (Å²) in [5, 5.41) is 14.2. The Labute approximate surface area is 256 Å². The number of carbonyl (C=O) groups is 2. The number of fused-ring (bicyclic) bond motifs is 3. The molecule has 10 heteroatoms. The summed E-state index contributed by atoms with van der Waals surface area (Å²) >= 11 is 6.43. The standard InChI is InChI=1S/C33H35ClFN3O4Si/c1-20-31(43(2,3)35)29(13-14-39)42-33(20)26-17-23(34)11-12-28(26)38(32(33)41)19-21-7-6-8-24(15-21)37-30(40)16-22-18-36-27-10-5-4-9-25(22)27/h4-12,15,17-18,20,29,31,36,39H,13-14,16,19H2,1-3H3,(H,37,40)/t20-,29+,31-,33+/m0/s1. The number of amides is 2. The zero-order valence-electron chi connectivity index (χ0n) is 24.4. The first kappa shape index (κ1) is 29.6. The fraction of sp³-hybridized carbons (Fsp3) is 0.333. The predicted octanol–water partition coefficient (Wildman–Crippen LogP) is 6.71. The van der Waals surface area contributed by atoms with Crippen molar-refractivity contribution in [2.45, 2.75) is 56.7 Å². The number of nitrogens with zero attached hydrogens (tertiary/aromatic N) is 1. The van der Waals surface area contributed by atoms with Crippen LogP contribution in [0.25, 0.3) is 10.9 Å². The molecule has 0 saturated carbocycles. The van der Waals surface area contributed by atoms with Crippen LogP contribution in [0, 0.1) is 5.92 Å². The van der Waals surface area contributed by atoms with Gasteiger partial charge in [0.2, 0.25) is 14.3 Å². The third-order valence-corrected chi connectivity index (χ3v) is 11.6. The number of aromatic nitrogens is 1. The average molecular weight is 620 g/mol. The van der Waals surface area contributed by atoms with Gasteiger partial charge in [0.15, 0.2) is 5.60 Å². The van der Waals surface area contributed by atoms with Crippen molar-refractivity contribution in [1.82, 2.24) is 4.98 Å². The molecule has 0 unspecified atom stereocenters. The number of aliphatic hydroxyl groups is 1. The highest BCUT2D eigenvalue weighted by Crippen LogP contribution is 2.60. The Balaban J connectivity index is 1.27. The number of benzene rings is 3. The maximum absolute atomic E-state index is 15.7. The van der Waals surface area contributed by atoms with Gasteiger partial charge in [-0.3, -0.25) is 9.59 Å². The van der Waals surface area contributed by atoms with Gasteiger partial charge < -0.3 is 29.2 Å². The Bertz CT molecular complexity index is 1700. The Hall–Kier alpha value is -3.50. The second-order valence-electron chi connectivity index (χ2n) is 12.1. The number of nitrogens with one attached hydrogen (secondary N) is 2. The Morgan fingerprint density at radius 1 is 1.16 bits per heavy atom. The van der Waals surface area contributed by atoms with Crippen molar-refractivity contribution in [2.24, 2.45) is 5.92 Å². The normalized spacial score (nSPS) is 23.3. The molecule has 1 aromatic heterocycles. The van der Waals surface area contributed by atoms with E-state index in [9.17, 15) is 14.7 Å². The lowest BCUT2D eigenvalue weighted by Gasteiger charge is -2.31. The van der Waals surface area contributed by atoms with Crippen molar-refractivity contribution in [3.05, 3.63) is 94.6 Å². The highest BCUT2D eigenvalue weighted by atomic mass is 35.5. The molecular weight excluding hydrogens is 585 g/mol. The number of aliphatic hydroxyl groups excluding tert-OH is 1. The first-order valence-corrected chi connectivity index (χ1v) is 17.9. The van der Waals surface area contributed by atoms with Crippen LogP contribution in [-0.4, -0.2) is 43.0 Å². The molecule has 3 N–H and O–H groups in total. The molecule has 2 aliphatic heterocycles. The van der Waals surface area contributed by atoms with Gasteiger partial charge in [-0.25, -0.2) is 0 Å². The van der Waals surface area contributed by atoms with Gasteiger partial charge in [-0.1, -0.05) is 48.9 Å². The summed E-state index contributed by atoms with van der Waals surface area (Å²) in [5.74, 6) is -0.874. The van der Waals surface area contributed by atoms with Crippen molar-refractivity contribution < 1.29 is 23.5 Å². The molecule has 6 rings (SSSR count). The summed E-state index contributed by atoms with van der Waals surface area (Å²) in [6.45, 7) is 5.22. The first-order valence-electron chi connectivity index (χ1n) is 14.6. The zero-order chi connectivity index (χ0) is 30.5. The maximum Gasteiger partial charge on any atom is 0.264 e. The summed E-state index contributed by atoms with van der Waals surface area (Å²) in [6.07, 6.45) is 1.74. The number of para-hydroxylation sites is 1. The SMILES string of the molecule is C[C@H]1[C@H]([Si](C)(C)F)[C@@H](CCO)O[C@]12C(=O)N(Cc1cccc(NC(=O)Cc3c[nH]c4ccccc34)c1)c1ccc(Cl)cc12. The quantitative estimate of drug-likeness (QED) is 0.151. The molecule has 43 heavy (non-hydrogen) atoms. The number of aromatic amines is 1. The van der Waals surface area contributed by atoms with Crippen molar-refractivity contribution >= 4 is 54.1 Å². The van der Waals surface area contributed by atoms with Crippen LogP contribution in [0.2, 0.25) is 23.7 Å². The lowest BCUT2D eigenvalue weighted by molar-refractivity contribution is -0.146. The molecule has 2 amide bonds. The number of anilines is 2. The van der Waals surface area contributed by atoms with Crippen LogP contribution in [0.15, 0.2) is 72.9 Å². The minimum Gasteiger partial charge on any atom is -0.396 e. The van der Waals surface area contributed by atoms with Gasteiger partial charge in [-0.2, -0.15) is 0 Å². The highest BCUT2D eigenvalue weighted by molar-refractivity contribution is 6.72. The minimum atomic E-state index is -3.29. The van der Waals surface area contributed by atoms with Gasteiger partial charge >= 0.3 is 0 Å². The Morgan fingerprint density at radius 2 is 1.95 bits per heavy atom. The zero-order valence-corrected chi connectivity index (χ0v) is 26.1. The third kappa shape index (κ3) is 5.18.